The number of carbonyl (C=O) groups is 1. The van der Waals surface area contributed by atoms with Crippen LogP contribution in [-0.4, -0.2) is 33.8 Å². The van der Waals surface area contributed by atoms with Gasteiger partial charge < -0.3 is 24.4 Å². The van der Waals surface area contributed by atoms with Gasteiger partial charge in [0, 0.05) is 22.8 Å². The lowest BCUT2D eigenvalue weighted by Crippen LogP contribution is -2.31. The molecule has 1 unspecified atom stereocenters. The summed E-state index contributed by atoms with van der Waals surface area (Å²) in [7, 11) is 4.53. The van der Waals surface area contributed by atoms with Crippen LogP contribution >= 0.6 is 11.8 Å². The summed E-state index contributed by atoms with van der Waals surface area (Å²) in [5.74, 6) is 1.04. The largest absolute Gasteiger partial charge is 0.493 e. The first-order valence-corrected chi connectivity index (χ1v) is 11.5. The first-order valence-electron chi connectivity index (χ1n) is 10.7. The number of nitriles is 1. The number of nitrogens with zero attached hydrogens (tertiary/aromatic N) is 2. The zero-order chi connectivity index (χ0) is 24.1. The van der Waals surface area contributed by atoms with Crippen LogP contribution in [-0.2, 0) is 4.79 Å². The van der Waals surface area contributed by atoms with Gasteiger partial charge in [0.25, 0.3) is 0 Å². The Bertz CT molecular complexity index is 1170. The van der Waals surface area contributed by atoms with Gasteiger partial charge in [0.05, 0.1) is 38.8 Å². The molecule has 3 aromatic carbocycles. The fourth-order valence-corrected chi connectivity index (χ4v) is 5.02. The van der Waals surface area contributed by atoms with Gasteiger partial charge in [-0.1, -0.05) is 36.0 Å². The van der Waals surface area contributed by atoms with Crippen LogP contribution in [0.5, 0.6) is 17.2 Å². The van der Waals surface area contributed by atoms with Gasteiger partial charge in [-0.15, -0.1) is 0 Å². The first-order chi connectivity index (χ1) is 16.6. The number of hydrogen-bond acceptors (Lipinski definition) is 7. The molecule has 34 heavy (non-hydrogen) atoms. The van der Waals surface area contributed by atoms with E-state index in [1.807, 2.05) is 24.3 Å². The second kappa shape index (κ2) is 10.4. The van der Waals surface area contributed by atoms with Crippen molar-refractivity contribution in [3.63, 3.8) is 0 Å². The van der Waals surface area contributed by atoms with Gasteiger partial charge in [0.1, 0.15) is 6.04 Å². The summed E-state index contributed by atoms with van der Waals surface area (Å²) in [6.45, 7) is 0.480. The maximum absolute atomic E-state index is 12.9. The molecule has 1 atom stereocenters. The van der Waals surface area contributed by atoms with E-state index in [0.29, 0.717) is 29.4 Å². The van der Waals surface area contributed by atoms with E-state index in [1.54, 1.807) is 23.9 Å². The van der Waals surface area contributed by atoms with Crippen molar-refractivity contribution < 1.29 is 19.0 Å². The third-order valence-corrected chi connectivity index (χ3v) is 6.68. The van der Waals surface area contributed by atoms with Gasteiger partial charge in [-0.05, 0) is 42.0 Å². The highest BCUT2D eigenvalue weighted by Crippen LogP contribution is 2.47. The van der Waals surface area contributed by atoms with E-state index in [1.165, 1.54) is 21.3 Å². The summed E-state index contributed by atoms with van der Waals surface area (Å²) in [5.41, 5.74) is 2.69. The lowest BCUT2D eigenvalue weighted by molar-refractivity contribution is -0.121. The quantitative estimate of drug-likeness (QED) is 0.486. The van der Waals surface area contributed by atoms with E-state index >= 15 is 0 Å². The zero-order valence-electron chi connectivity index (χ0n) is 19.2. The number of carbonyl (C=O) groups excluding carboxylic acids is 1. The standard InChI is InChI=1S/C26H25N3O4S/c1-31-21-14-17(15-22(32-2)26(21)33-3)18(16-27)28-25(30)12-13-29-19-8-4-6-10-23(19)34-24-11-7-5-9-20(24)29/h4-11,14-15,18H,12-13H2,1-3H3,(H,28,30). The molecule has 0 saturated carbocycles. The predicted molar refractivity (Wildman–Crippen MR) is 131 cm³/mol. The van der Waals surface area contributed by atoms with Gasteiger partial charge in [-0.2, -0.15) is 5.26 Å². The molecule has 4 rings (SSSR count). The number of para-hydroxylation sites is 2. The minimum absolute atomic E-state index is 0.218. The highest BCUT2D eigenvalue weighted by molar-refractivity contribution is 7.99. The molecule has 1 heterocycles. The summed E-state index contributed by atoms with van der Waals surface area (Å²) in [5, 5.41) is 12.6. The summed E-state index contributed by atoms with van der Waals surface area (Å²) in [4.78, 5) is 17.4. The normalized spacial score (nSPS) is 12.6. The molecule has 7 nitrogen and oxygen atoms in total. The lowest BCUT2D eigenvalue weighted by Gasteiger charge is -2.32. The molecule has 0 aromatic heterocycles. The van der Waals surface area contributed by atoms with Gasteiger partial charge in [-0.3, -0.25) is 4.79 Å². The number of methoxy groups -OCH3 is 3. The van der Waals surface area contributed by atoms with Crippen LogP contribution in [0.4, 0.5) is 11.4 Å². The average Bonchev–Trinajstić information content (AvgIpc) is 2.88. The molecule has 0 saturated heterocycles. The van der Waals surface area contributed by atoms with Crippen molar-refractivity contribution in [3.8, 4) is 23.3 Å². The van der Waals surface area contributed by atoms with Gasteiger partial charge >= 0.3 is 0 Å². The van der Waals surface area contributed by atoms with Crippen molar-refractivity contribution >= 4 is 29.0 Å². The van der Waals surface area contributed by atoms with Crippen molar-refractivity contribution in [2.24, 2.45) is 0 Å². The molecule has 174 valence electrons. The number of hydrogen-bond donors (Lipinski definition) is 1. The SMILES string of the molecule is COc1cc(C(C#N)NC(=O)CCN2c3ccccc3Sc3ccccc32)cc(OC)c1OC. The van der Waals surface area contributed by atoms with Crippen molar-refractivity contribution in [3.05, 3.63) is 66.2 Å². The Morgan fingerprint density at radius 2 is 1.53 bits per heavy atom. The molecule has 3 aromatic rings. The molecule has 1 amide bonds. The molecule has 0 radical (unpaired) electrons. The van der Waals surface area contributed by atoms with Crippen LogP contribution < -0.4 is 24.4 Å². The molecular formula is C26H25N3O4S. The number of nitrogens with one attached hydrogen (secondary N) is 1. The van der Waals surface area contributed by atoms with E-state index in [4.69, 9.17) is 14.2 Å². The summed E-state index contributed by atoms with van der Waals surface area (Å²) >= 11 is 1.72. The Morgan fingerprint density at radius 1 is 0.971 bits per heavy atom. The van der Waals surface area contributed by atoms with Crippen LogP contribution in [0.15, 0.2) is 70.5 Å². The Balaban J connectivity index is 1.51. The number of fused-ring (bicyclic) bond motifs is 2. The molecule has 0 spiro atoms. The highest BCUT2D eigenvalue weighted by atomic mass is 32.2. The van der Waals surface area contributed by atoms with Crippen molar-refractivity contribution in [2.75, 3.05) is 32.8 Å². The van der Waals surface area contributed by atoms with Crippen LogP contribution in [0.1, 0.15) is 18.0 Å². The fraction of sp³-hybridized carbons (Fsp3) is 0.231. The predicted octanol–water partition coefficient (Wildman–Crippen LogP) is 5.09. The first kappa shape index (κ1) is 23.3. The van der Waals surface area contributed by atoms with E-state index in [0.717, 1.165) is 21.2 Å². The minimum atomic E-state index is -0.863. The molecule has 8 heteroatoms. The molecular weight excluding hydrogens is 450 g/mol. The van der Waals surface area contributed by atoms with E-state index in [9.17, 15) is 10.1 Å². The van der Waals surface area contributed by atoms with E-state index in [-0.39, 0.29) is 12.3 Å². The topological polar surface area (TPSA) is 83.8 Å². The Kier molecular flexibility index (Phi) is 7.14. The summed E-state index contributed by atoms with van der Waals surface area (Å²) in [6.07, 6.45) is 0.218. The Morgan fingerprint density at radius 3 is 2.03 bits per heavy atom. The number of anilines is 2. The molecule has 0 aliphatic carbocycles. The molecule has 1 N–H and O–H groups in total. The van der Waals surface area contributed by atoms with Crippen LogP contribution in [0.2, 0.25) is 0 Å². The Labute approximate surface area is 203 Å². The Hall–Kier alpha value is -3.83. The van der Waals surface area contributed by atoms with Crippen molar-refractivity contribution in [1.82, 2.24) is 5.32 Å². The van der Waals surface area contributed by atoms with Gasteiger partial charge in [-0.25, -0.2) is 0 Å². The van der Waals surface area contributed by atoms with E-state index < -0.39 is 6.04 Å². The van der Waals surface area contributed by atoms with Crippen molar-refractivity contribution in [1.29, 1.82) is 5.26 Å². The molecule has 1 aliphatic rings. The highest BCUT2D eigenvalue weighted by Gasteiger charge is 2.24. The van der Waals surface area contributed by atoms with Gasteiger partial charge in [0.2, 0.25) is 11.7 Å². The molecule has 1 aliphatic heterocycles. The second-order valence-electron chi connectivity index (χ2n) is 7.53. The maximum Gasteiger partial charge on any atom is 0.223 e. The minimum Gasteiger partial charge on any atom is -0.493 e. The fourth-order valence-electron chi connectivity index (χ4n) is 3.93. The number of rotatable bonds is 8. The smallest absolute Gasteiger partial charge is 0.223 e. The van der Waals surface area contributed by atoms with Crippen LogP contribution in [0.3, 0.4) is 0 Å². The number of benzene rings is 3. The molecule has 0 fully saturated rings. The zero-order valence-corrected chi connectivity index (χ0v) is 20.0. The number of amides is 1. The maximum atomic E-state index is 12.9. The summed E-state index contributed by atoms with van der Waals surface area (Å²) in [6, 6.07) is 20.9. The monoisotopic (exact) mass is 475 g/mol. The second-order valence-corrected chi connectivity index (χ2v) is 8.61. The average molecular weight is 476 g/mol. The summed E-state index contributed by atoms with van der Waals surface area (Å²) < 4.78 is 16.1. The number of ether oxygens (including phenoxy) is 3. The van der Waals surface area contributed by atoms with E-state index in [2.05, 4.69) is 40.6 Å². The van der Waals surface area contributed by atoms with Gasteiger partial charge in [0.15, 0.2) is 11.5 Å². The van der Waals surface area contributed by atoms with Crippen molar-refractivity contribution in [2.45, 2.75) is 22.3 Å². The lowest BCUT2D eigenvalue weighted by atomic mass is 10.1. The third kappa shape index (κ3) is 4.61. The van der Waals surface area contributed by atoms with Crippen LogP contribution in [0, 0.1) is 11.3 Å². The van der Waals surface area contributed by atoms with Crippen LogP contribution in [0.25, 0.3) is 0 Å². The molecule has 0 bridgehead atoms. The third-order valence-electron chi connectivity index (χ3n) is 5.55.